The topological polar surface area (TPSA) is 105 Å². The highest BCUT2D eigenvalue weighted by Gasteiger charge is 2.16. The van der Waals surface area contributed by atoms with Gasteiger partial charge in [0.2, 0.25) is 0 Å². The van der Waals surface area contributed by atoms with Gasteiger partial charge in [-0.15, -0.1) is 0 Å². The van der Waals surface area contributed by atoms with E-state index in [1.807, 2.05) is 21.1 Å². The average Bonchev–Trinajstić information content (AvgIpc) is 2.82. The van der Waals surface area contributed by atoms with E-state index in [-0.39, 0.29) is 13.2 Å². The first-order valence-electron chi connectivity index (χ1n) is 14.4. The maximum Gasteiger partial charge on any atom is 0.305 e. The number of hydrogen-bond acceptors (Lipinski definition) is 7. The van der Waals surface area contributed by atoms with Crippen LogP contribution in [-0.4, -0.2) is 69.2 Å². The number of aliphatic hydroxyl groups excluding tert-OH is 1. The fourth-order valence-corrected chi connectivity index (χ4v) is 4.38. The molecule has 0 fully saturated rings. The van der Waals surface area contributed by atoms with Crippen molar-refractivity contribution in [1.29, 1.82) is 0 Å². The number of esters is 1. The van der Waals surface area contributed by atoms with Crippen LogP contribution in [-0.2, 0) is 23.1 Å². The number of nitrogens with zero attached hydrogens (tertiary/aromatic N) is 1. The number of carbonyl (C=O) groups is 1. The highest BCUT2D eigenvalue weighted by atomic mass is 31.2. The number of allylic oxidation sites excluding steroid dienone is 2. The van der Waals surface area contributed by atoms with Gasteiger partial charge in [0.25, 0.3) is 7.82 Å². The van der Waals surface area contributed by atoms with Gasteiger partial charge in [0.05, 0.1) is 27.7 Å². The van der Waals surface area contributed by atoms with Crippen molar-refractivity contribution in [2.45, 2.75) is 116 Å². The van der Waals surface area contributed by atoms with E-state index in [4.69, 9.17) is 9.26 Å². The van der Waals surface area contributed by atoms with E-state index >= 15 is 0 Å². The smallest absolute Gasteiger partial charge is 0.305 e. The van der Waals surface area contributed by atoms with Crippen molar-refractivity contribution in [3.05, 3.63) is 12.2 Å². The second-order valence-corrected chi connectivity index (χ2v) is 12.4. The van der Waals surface area contributed by atoms with Crippen molar-refractivity contribution < 1.29 is 37.6 Å². The minimum absolute atomic E-state index is 0.00852. The summed E-state index contributed by atoms with van der Waals surface area (Å²) in [5.41, 5.74) is 0. The summed E-state index contributed by atoms with van der Waals surface area (Å²) < 4.78 is 26.7. The third-order valence-corrected chi connectivity index (χ3v) is 6.98. The molecule has 0 bridgehead atoms. The molecule has 0 saturated heterocycles. The van der Waals surface area contributed by atoms with Crippen LogP contribution in [0.25, 0.3) is 0 Å². The molecule has 0 aliphatic heterocycles. The Bertz CT molecular complexity index is 622. The van der Waals surface area contributed by atoms with Crippen LogP contribution in [0.1, 0.15) is 110 Å². The molecule has 1 N–H and O–H groups in total. The fraction of sp³-hybridized carbons (Fsp3) is 0.893. The molecule has 0 aromatic carbocycles. The summed E-state index contributed by atoms with van der Waals surface area (Å²) in [5.74, 6) is -0.396. The van der Waals surface area contributed by atoms with E-state index in [9.17, 15) is 19.4 Å². The molecule has 0 spiro atoms. The quantitative estimate of drug-likeness (QED) is 0.0470. The lowest BCUT2D eigenvalue weighted by Gasteiger charge is -2.27. The highest BCUT2D eigenvalue weighted by Crippen LogP contribution is 2.38. The largest absolute Gasteiger partial charge is 0.756 e. The van der Waals surface area contributed by atoms with Gasteiger partial charge in [0, 0.05) is 6.42 Å². The van der Waals surface area contributed by atoms with Gasteiger partial charge >= 0.3 is 5.97 Å². The predicted molar refractivity (Wildman–Crippen MR) is 148 cm³/mol. The van der Waals surface area contributed by atoms with Crippen LogP contribution in [0, 0.1) is 0 Å². The molecular weight excluding hydrogens is 493 g/mol. The average molecular weight is 550 g/mol. The van der Waals surface area contributed by atoms with Crippen LogP contribution in [0.4, 0.5) is 0 Å². The third-order valence-electron chi connectivity index (χ3n) is 6.02. The number of phosphoric acid groups is 1. The normalized spacial score (nSPS) is 14.6. The molecule has 0 aliphatic rings. The van der Waals surface area contributed by atoms with Crippen LogP contribution >= 0.6 is 7.82 Å². The zero-order chi connectivity index (χ0) is 27.8. The van der Waals surface area contributed by atoms with Gasteiger partial charge in [-0.05, 0) is 32.1 Å². The van der Waals surface area contributed by atoms with Crippen molar-refractivity contribution in [1.82, 2.24) is 0 Å². The lowest BCUT2D eigenvalue weighted by Crippen LogP contribution is -2.37. The number of hydrogen-bond donors (Lipinski definition) is 1. The summed E-state index contributed by atoms with van der Waals surface area (Å²) in [6, 6.07) is 0. The van der Waals surface area contributed by atoms with Crippen molar-refractivity contribution in [2.24, 2.45) is 0 Å². The molecule has 2 unspecified atom stereocenters. The number of likely N-dealkylation sites (N-methyl/N-ethyl adjacent to an activating group) is 1. The first-order valence-corrected chi connectivity index (χ1v) is 15.9. The van der Waals surface area contributed by atoms with E-state index in [2.05, 4.69) is 23.6 Å². The van der Waals surface area contributed by atoms with Crippen LogP contribution in [0.3, 0.4) is 0 Å². The summed E-state index contributed by atoms with van der Waals surface area (Å²) >= 11 is 0. The second kappa shape index (κ2) is 23.2. The summed E-state index contributed by atoms with van der Waals surface area (Å²) in [5, 5.41) is 9.81. The van der Waals surface area contributed by atoms with Gasteiger partial charge in [-0.1, -0.05) is 83.3 Å². The van der Waals surface area contributed by atoms with E-state index in [1.165, 1.54) is 64.2 Å². The summed E-state index contributed by atoms with van der Waals surface area (Å²) in [4.78, 5) is 23.5. The fourth-order valence-electron chi connectivity index (χ4n) is 3.64. The Kier molecular flexibility index (Phi) is 22.7. The van der Waals surface area contributed by atoms with Crippen LogP contribution in [0.15, 0.2) is 12.2 Å². The molecule has 0 saturated carbocycles. The van der Waals surface area contributed by atoms with Crippen LogP contribution in [0.2, 0.25) is 0 Å². The molecule has 0 radical (unpaired) electrons. The maximum atomic E-state index is 11.8. The molecule has 0 aromatic rings. The Balaban J connectivity index is 3.55. The molecule has 2 atom stereocenters. The Morgan fingerprint density at radius 3 is 1.89 bits per heavy atom. The van der Waals surface area contributed by atoms with Crippen molar-refractivity contribution in [3.63, 3.8) is 0 Å². The molecule has 0 heterocycles. The third kappa shape index (κ3) is 28.1. The molecular formula is C28H56NO7P. The molecule has 0 rings (SSSR count). The lowest BCUT2D eigenvalue weighted by atomic mass is 10.1. The predicted octanol–water partition coefficient (Wildman–Crippen LogP) is 5.92. The molecule has 37 heavy (non-hydrogen) atoms. The molecule has 220 valence electrons. The molecule has 0 aliphatic carbocycles. The van der Waals surface area contributed by atoms with Gasteiger partial charge in [0.1, 0.15) is 25.9 Å². The van der Waals surface area contributed by atoms with Crippen LogP contribution < -0.4 is 4.89 Å². The molecule has 0 aromatic heterocycles. The molecule has 0 amide bonds. The number of phosphoric ester groups is 1. The number of carbonyl (C=O) groups excluding carboxylic acids is 1. The zero-order valence-electron chi connectivity index (χ0n) is 24.2. The van der Waals surface area contributed by atoms with Crippen molar-refractivity contribution in [3.8, 4) is 0 Å². The summed E-state index contributed by atoms with van der Waals surface area (Å²) in [6.45, 7) is 1.93. The van der Waals surface area contributed by atoms with Crippen molar-refractivity contribution >= 4 is 13.8 Å². The minimum Gasteiger partial charge on any atom is -0.756 e. The van der Waals surface area contributed by atoms with Gasteiger partial charge in [-0.3, -0.25) is 9.36 Å². The van der Waals surface area contributed by atoms with Crippen molar-refractivity contribution in [2.75, 3.05) is 47.5 Å². The summed E-state index contributed by atoms with van der Waals surface area (Å²) in [7, 11) is 1.25. The standard InChI is InChI=1S/C28H56NO7P/c1-5-6-7-8-9-10-11-12-13-14-15-16-17-18-19-20-21-22-28(31)34-25-27(30)26-36-37(32,33)35-24-23-29(2,3)4/h14-15,27,30H,5-13,16-26H2,1-4H3/b15-14+. The van der Waals surface area contributed by atoms with Gasteiger partial charge in [-0.25, -0.2) is 0 Å². The van der Waals surface area contributed by atoms with E-state index in [0.717, 1.165) is 32.1 Å². The first kappa shape index (κ1) is 36.2. The Morgan fingerprint density at radius 1 is 0.838 bits per heavy atom. The summed E-state index contributed by atoms with van der Waals surface area (Å²) in [6.07, 6.45) is 22.0. The Morgan fingerprint density at radius 2 is 1.35 bits per heavy atom. The maximum absolute atomic E-state index is 11.8. The second-order valence-electron chi connectivity index (χ2n) is 11.0. The van der Waals surface area contributed by atoms with Gasteiger partial charge in [0.15, 0.2) is 0 Å². The van der Waals surface area contributed by atoms with Crippen LogP contribution in [0.5, 0.6) is 0 Å². The van der Waals surface area contributed by atoms with Gasteiger partial charge < -0.3 is 28.3 Å². The monoisotopic (exact) mass is 549 g/mol. The number of quaternary nitrogens is 1. The zero-order valence-corrected chi connectivity index (χ0v) is 25.1. The number of rotatable bonds is 26. The number of ether oxygens (including phenoxy) is 1. The Labute approximate surface area is 227 Å². The molecule has 8 nitrogen and oxygen atoms in total. The first-order chi connectivity index (χ1) is 17.6. The van der Waals surface area contributed by atoms with E-state index < -0.39 is 26.5 Å². The van der Waals surface area contributed by atoms with Gasteiger partial charge in [-0.2, -0.15) is 0 Å². The van der Waals surface area contributed by atoms with E-state index in [0.29, 0.717) is 17.4 Å². The number of aliphatic hydroxyl groups is 1. The number of unbranched alkanes of at least 4 members (excludes halogenated alkanes) is 13. The SMILES string of the molecule is CCCCCCCCCC/C=C/CCCCCCCC(=O)OCC(O)COP(=O)([O-])OCC[N+](C)(C)C. The molecule has 9 heteroatoms. The minimum atomic E-state index is -4.49. The lowest BCUT2D eigenvalue weighted by molar-refractivity contribution is -0.870. The Hall–Kier alpha value is -0.760. The van der Waals surface area contributed by atoms with E-state index in [1.54, 1.807) is 0 Å². The highest BCUT2D eigenvalue weighted by molar-refractivity contribution is 7.45.